The highest BCUT2D eigenvalue weighted by Crippen LogP contribution is 2.24. The predicted molar refractivity (Wildman–Crippen MR) is 72.3 cm³/mol. The van der Waals surface area contributed by atoms with E-state index < -0.39 is 17.4 Å². The van der Waals surface area contributed by atoms with Crippen molar-refractivity contribution in [1.29, 1.82) is 0 Å². The fourth-order valence-corrected chi connectivity index (χ4v) is 2.09. The van der Waals surface area contributed by atoms with Gasteiger partial charge in [0.1, 0.15) is 17.4 Å². The van der Waals surface area contributed by atoms with Crippen LogP contribution in [-0.4, -0.2) is 12.9 Å². The minimum absolute atomic E-state index is 0.00448. The number of hydrogen-bond acceptors (Lipinski definition) is 2. The van der Waals surface area contributed by atoms with E-state index in [1.807, 2.05) is 0 Å². The lowest BCUT2D eigenvalue weighted by Gasteiger charge is -2.11. The van der Waals surface area contributed by atoms with Crippen molar-refractivity contribution in [2.75, 3.05) is 7.11 Å². The molecule has 0 fully saturated rings. The van der Waals surface area contributed by atoms with Gasteiger partial charge in [0.2, 0.25) is 0 Å². The van der Waals surface area contributed by atoms with Crippen molar-refractivity contribution in [3.05, 3.63) is 64.2 Å². The van der Waals surface area contributed by atoms with E-state index in [4.69, 9.17) is 4.74 Å². The lowest BCUT2D eigenvalue weighted by atomic mass is 9.96. The zero-order chi connectivity index (χ0) is 14.9. The molecule has 0 spiro atoms. The molecule has 0 amide bonds. The van der Waals surface area contributed by atoms with Gasteiger partial charge in [-0.15, -0.1) is 0 Å². The molecule has 0 atom stereocenters. The molecule has 2 rings (SSSR count). The zero-order valence-corrected chi connectivity index (χ0v) is 11.5. The first-order valence-corrected chi connectivity index (χ1v) is 6.08. The highest BCUT2D eigenvalue weighted by atomic mass is 19.1. The van der Waals surface area contributed by atoms with Crippen LogP contribution in [0, 0.1) is 25.5 Å². The first kappa shape index (κ1) is 14.2. The molecule has 4 heteroatoms. The SMILES string of the molecule is COc1cc(C)c(C(=O)c2cc(F)cc(F)c2)cc1C. The highest BCUT2D eigenvalue weighted by molar-refractivity contribution is 6.10. The standard InChI is InChI=1S/C16H14F2O2/c1-9-5-15(20-3)10(2)4-14(9)16(19)11-6-12(17)8-13(18)7-11/h4-8H,1-3H3. The molecule has 0 heterocycles. The molecule has 0 unspecified atom stereocenters. The average molecular weight is 276 g/mol. The first-order chi connectivity index (χ1) is 9.42. The maximum absolute atomic E-state index is 13.2. The largest absolute Gasteiger partial charge is 0.496 e. The smallest absolute Gasteiger partial charge is 0.193 e. The maximum Gasteiger partial charge on any atom is 0.193 e. The molecule has 2 aromatic rings. The number of halogens is 2. The van der Waals surface area contributed by atoms with E-state index in [0.717, 1.165) is 23.8 Å². The Hall–Kier alpha value is -2.23. The third kappa shape index (κ3) is 2.69. The molecule has 0 saturated carbocycles. The molecule has 0 bridgehead atoms. The minimum atomic E-state index is -0.767. The number of ketones is 1. The summed E-state index contributed by atoms with van der Waals surface area (Å²) in [4.78, 5) is 12.3. The van der Waals surface area contributed by atoms with Crippen molar-refractivity contribution in [2.45, 2.75) is 13.8 Å². The maximum atomic E-state index is 13.2. The Balaban J connectivity index is 2.50. The number of ether oxygens (including phenoxy) is 1. The van der Waals surface area contributed by atoms with Crippen LogP contribution in [0.1, 0.15) is 27.0 Å². The second-order valence-corrected chi connectivity index (χ2v) is 4.62. The van der Waals surface area contributed by atoms with E-state index >= 15 is 0 Å². The fraction of sp³-hybridized carbons (Fsp3) is 0.188. The van der Waals surface area contributed by atoms with Crippen molar-refractivity contribution >= 4 is 5.78 Å². The van der Waals surface area contributed by atoms with E-state index in [2.05, 4.69) is 0 Å². The molecule has 0 N–H and O–H groups in total. The van der Waals surface area contributed by atoms with Gasteiger partial charge in [-0.2, -0.15) is 0 Å². The molecule has 0 saturated heterocycles. The normalized spacial score (nSPS) is 10.4. The summed E-state index contributed by atoms with van der Waals surface area (Å²) < 4.78 is 31.6. The molecule has 0 aliphatic rings. The van der Waals surface area contributed by atoms with Crippen LogP contribution in [0.25, 0.3) is 0 Å². The third-order valence-electron chi connectivity index (χ3n) is 3.11. The van der Waals surface area contributed by atoms with Gasteiger partial charge in [-0.1, -0.05) is 0 Å². The van der Waals surface area contributed by atoms with Crippen LogP contribution in [0.4, 0.5) is 8.78 Å². The van der Waals surface area contributed by atoms with E-state index in [0.29, 0.717) is 16.9 Å². The summed E-state index contributed by atoms with van der Waals surface area (Å²) >= 11 is 0. The first-order valence-electron chi connectivity index (χ1n) is 6.08. The molecular weight excluding hydrogens is 262 g/mol. The van der Waals surface area contributed by atoms with Gasteiger partial charge >= 0.3 is 0 Å². The lowest BCUT2D eigenvalue weighted by Crippen LogP contribution is -2.06. The summed E-state index contributed by atoms with van der Waals surface area (Å²) in [6, 6.07) is 6.20. The summed E-state index contributed by atoms with van der Waals surface area (Å²) in [5.74, 6) is -1.27. The van der Waals surface area contributed by atoms with Crippen LogP contribution < -0.4 is 4.74 Å². The van der Waals surface area contributed by atoms with Crippen LogP contribution in [0.15, 0.2) is 30.3 Å². The third-order valence-corrected chi connectivity index (χ3v) is 3.11. The molecular formula is C16H14F2O2. The number of benzene rings is 2. The number of carbonyl (C=O) groups excluding carboxylic acids is 1. The molecule has 0 radical (unpaired) electrons. The summed E-state index contributed by atoms with van der Waals surface area (Å²) in [5, 5.41) is 0. The Morgan fingerprint density at radius 3 is 2.10 bits per heavy atom. The number of carbonyl (C=O) groups is 1. The number of hydrogen-bond donors (Lipinski definition) is 0. The van der Waals surface area contributed by atoms with Crippen molar-refractivity contribution in [1.82, 2.24) is 0 Å². The van der Waals surface area contributed by atoms with Crippen molar-refractivity contribution in [2.24, 2.45) is 0 Å². The van der Waals surface area contributed by atoms with Crippen LogP contribution in [0.3, 0.4) is 0 Å². The summed E-state index contributed by atoms with van der Waals surface area (Å²) in [6.45, 7) is 3.56. The van der Waals surface area contributed by atoms with Crippen LogP contribution in [-0.2, 0) is 0 Å². The number of rotatable bonds is 3. The molecule has 0 aromatic heterocycles. The van der Waals surface area contributed by atoms with E-state index in [1.54, 1.807) is 33.1 Å². The Labute approximate surface area is 116 Å². The van der Waals surface area contributed by atoms with Crippen molar-refractivity contribution < 1.29 is 18.3 Å². The van der Waals surface area contributed by atoms with Gasteiger partial charge in [0.15, 0.2) is 5.78 Å². The van der Waals surface area contributed by atoms with Crippen molar-refractivity contribution in [3.8, 4) is 5.75 Å². The van der Waals surface area contributed by atoms with Gasteiger partial charge in [-0.3, -0.25) is 4.79 Å². The second-order valence-electron chi connectivity index (χ2n) is 4.62. The lowest BCUT2D eigenvalue weighted by molar-refractivity contribution is 0.103. The van der Waals surface area contributed by atoms with Gasteiger partial charge in [0.25, 0.3) is 0 Å². The molecule has 0 aliphatic carbocycles. The van der Waals surface area contributed by atoms with Gasteiger partial charge in [0.05, 0.1) is 7.11 Å². The second kappa shape index (κ2) is 5.41. The molecule has 2 nitrogen and oxygen atoms in total. The predicted octanol–water partition coefficient (Wildman–Crippen LogP) is 3.82. The van der Waals surface area contributed by atoms with E-state index in [9.17, 15) is 13.6 Å². The van der Waals surface area contributed by atoms with Gasteiger partial charge < -0.3 is 4.74 Å². The molecule has 0 aliphatic heterocycles. The fourth-order valence-electron chi connectivity index (χ4n) is 2.09. The number of aryl methyl sites for hydroxylation is 2. The van der Waals surface area contributed by atoms with Crippen LogP contribution in [0.5, 0.6) is 5.75 Å². The highest BCUT2D eigenvalue weighted by Gasteiger charge is 2.16. The summed E-state index contributed by atoms with van der Waals surface area (Å²) in [7, 11) is 1.55. The Morgan fingerprint density at radius 1 is 0.950 bits per heavy atom. The molecule has 2 aromatic carbocycles. The summed E-state index contributed by atoms with van der Waals surface area (Å²) in [6.07, 6.45) is 0. The zero-order valence-electron chi connectivity index (χ0n) is 11.5. The van der Waals surface area contributed by atoms with Gasteiger partial charge in [-0.25, -0.2) is 8.78 Å². The van der Waals surface area contributed by atoms with Gasteiger partial charge in [0, 0.05) is 17.2 Å². The quantitative estimate of drug-likeness (QED) is 0.797. The van der Waals surface area contributed by atoms with Crippen LogP contribution in [0.2, 0.25) is 0 Å². The Bertz CT molecular complexity index is 658. The van der Waals surface area contributed by atoms with Crippen molar-refractivity contribution in [3.63, 3.8) is 0 Å². The van der Waals surface area contributed by atoms with E-state index in [-0.39, 0.29) is 5.56 Å². The van der Waals surface area contributed by atoms with Crippen LogP contribution >= 0.6 is 0 Å². The number of methoxy groups -OCH3 is 1. The van der Waals surface area contributed by atoms with E-state index in [1.165, 1.54) is 0 Å². The molecule has 104 valence electrons. The topological polar surface area (TPSA) is 26.3 Å². The minimum Gasteiger partial charge on any atom is -0.496 e. The molecule has 20 heavy (non-hydrogen) atoms. The van der Waals surface area contributed by atoms with Gasteiger partial charge in [-0.05, 0) is 49.2 Å². The Kier molecular flexibility index (Phi) is 3.84. The monoisotopic (exact) mass is 276 g/mol. The average Bonchev–Trinajstić information content (AvgIpc) is 2.39. The Morgan fingerprint density at radius 2 is 1.55 bits per heavy atom. The summed E-state index contributed by atoms with van der Waals surface area (Å²) in [5.41, 5.74) is 1.89.